The van der Waals surface area contributed by atoms with Crippen LogP contribution in [-0.2, 0) is 6.42 Å². The lowest BCUT2D eigenvalue weighted by Crippen LogP contribution is -2.40. The molecular formula is C25H26ClN5O. The summed E-state index contributed by atoms with van der Waals surface area (Å²) in [7, 11) is 3.49. The molecule has 164 valence electrons. The maximum Gasteiger partial charge on any atom is 0.271 e. The summed E-state index contributed by atoms with van der Waals surface area (Å²) < 4.78 is 0. The van der Waals surface area contributed by atoms with Gasteiger partial charge in [0, 0.05) is 30.6 Å². The van der Waals surface area contributed by atoms with Crippen LogP contribution in [0.25, 0.3) is 4.85 Å². The van der Waals surface area contributed by atoms with E-state index in [0.29, 0.717) is 34.3 Å². The van der Waals surface area contributed by atoms with Gasteiger partial charge < -0.3 is 4.90 Å². The third-order valence-corrected chi connectivity index (χ3v) is 7.33. The number of anilines is 1. The minimum absolute atomic E-state index is 0.0803. The normalized spacial score (nSPS) is 22.2. The number of carbonyl (C=O) groups excluding carboxylic acids is 1. The molecule has 3 aliphatic rings. The first-order chi connectivity index (χ1) is 15.5. The van der Waals surface area contributed by atoms with Gasteiger partial charge in [0.05, 0.1) is 29.7 Å². The van der Waals surface area contributed by atoms with E-state index >= 15 is 0 Å². The molecule has 7 heteroatoms. The number of amides is 1. The SMILES string of the molecule is [C-]#[N+]c1ccc(N2N=C3c4ccc(C(=O)N(C)C)nc4CCC3C2C2CCCC2)cc1Cl. The molecule has 2 atom stereocenters. The average Bonchev–Trinajstić information content (AvgIpc) is 3.45. The van der Waals surface area contributed by atoms with Gasteiger partial charge in [-0.3, -0.25) is 9.80 Å². The lowest BCUT2D eigenvalue weighted by molar-refractivity contribution is 0.0821. The molecule has 2 unspecified atom stereocenters. The number of pyridine rings is 1. The number of aromatic nitrogens is 1. The Bertz CT molecular complexity index is 1150. The van der Waals surface area contributed by atoms with Gasteiger partial charge in [0.2, 0.25) is 5.69 Å². The van der Waals surface area contributed by atoms with Crippen LogP contribution < -0.4 is 5.01 Å². The molecule has 1 aromatic heterocycles. The van der Waals surface area contributed by atoms with Gasteiger partial charge in [0.25, 0.3) is 5.91 Å². The second-order valence-electron chi connectivity index (χ2n) is 9.15. The van der Waals surface area contributed by atoms with E-state index in [4.69, 9.17) is 28.3 Å². The molecule has 2 heterocycles. The van der Waals surface area contributed by atoms with Crippen LogP contribution in [0.15, 0.2) is 35.4 Å². The number of nitrogens with zero attached hydrogens (tertiary/aromatic N) is 5. The van der Waals surface area contributed by atoms with Crippen LogP contribution in [0.2, 0.25) is 5.02 Å². The number of hydrogen-bond acceptors (Lipinski definition) is 4. The van der Waals surface area contributed by atoms with Gasteiger partial charge in [-0.25, -0.2) is 9.83 Å². The molecule has 32 heavy (non-hydrogen) atoms. The van der Waals surface area contributed by atoms with Gasteiger partial charge in [-0.15, -0.1) is 0 Å². The van der Waals surface area contributed by atoms with Crippen molar-refractivity contribution in [2.75, 3.05) is 19.1 Å². The molecule has 2 aromatic rings. The van der Waals surface area contributed by atoms with E-state index < -0.39 is 0 Å². The van der Waals surface area contributed by atoms with Crippen molar-refractivity contribution in [3.05, 3.63) is 63.7 Å². The first-order valence-corrected chi connectivity index (χ1v) is 11.6. The topological polar surface area (TPSA) is 53.2 Å². The zero-order chi connectivity index (χ0) is 22.4. The number of benzene rings is 1. The molecule has 1 aromatic carbocycles. The van der Waals surface area contributed by atoms with Gasteiger partial charge in [-0.2, -0.15) is 5.10 Å². The van der Waals surface area contributed by atoms with Crippen molar-refractivity contribution in [1.29, 1.82) is 0 Å². The van der Waals surface area contributed by atoms with Gasteiger partial charge in [0.1, 0.15) is 5.69 Å². The predicted octanol–water partition coefficient (Wildman–Crippen LogP) is 5.33. The summed E-state index contributed by atoms with van der Waals surface area (Å²) in [4.78, 5) is 22.2. The molecule has 0 N–H and O–H groups in total. The van der Waals surface area contributed by atoms with Crippen molar-refractivity contribution in [1.82, 2.24) is 9.88 Å². The highest BCUT2D eigenvalue weighted by atomic mass is 35.5. The number of hydrogen-bond donors (Lipinski definition) is 0. The predicted molar refractivity (Wildman–Crippen MR) is 127 cm³/mol. The fourth-order valence-corrected chi connectivity index (χ4v) is 5.72. The second kappa shape index (κ2) is 8.22. The first kappa shape index (κ1) is 21.0. The number of aryl methyl sites for hydroxylation is 1. The molecule has 5 rings (SSSR count). The van der Waals surface area contributed by atoms with Crippen LogP contribution in [0.1, 0.15) is 53.8 Å². The summed E-state index contributed by atoms with van der Waals surface area (Å²) in [6.45, 7) is 7.29. The number of halogens is 1. The monoisotopic (exact) mass is 447 g/mol. The van der Waals surface area contributed by atoms with Crippen LogP contribution in [0, 0.1) is 18.4 Å². The Hall–Kier alpha value is -2.91. The van der Waals surface area contributed by atoms with Crippen LogP contribution in [0.4, 0.5) is 11.4 Å². The largest absolute Gasteiger partial charge is 0.343 e. The first-order valence-electron chi connectivity index (χ1n) is 11.2. The van der Waals surface area contributed by atoms with Crippen LogP contribution in [-0.4, -0.2) is 41.6 Å². The quantitative estimate of drug-likeness (QED) is 0.597. The molecule has 0 spiro atoms. The van der Waals surface area contributed by atoms with E-state index in [1.165, 1.54) is 25.7 Å². The molecule has 2 aliphatic carbocycles. The van der Waals surface area contributed by atoms with Gasteiger partial charge >= 0.3 is 0 Å². The van der Waals surface area contributed by atoms with E-state index in [1.54, 1.807) is 25.1 Å². The zero-order valence-corrected chi connectivity index (χ0v) is 19.1. The minimum atomic E-state index is -0.0803. The number of carbonyl (C=O) groups is 1. The Morgan fingerprint density at radius 2 is 1.97 bits per heavy atom. The van der Waals surface area contributed by atoms with E-state index in [9.17, 15) is 4.79 Å². The maximum absolute atomic E-state index is 12.4. The summed E-state index contributed by atoms with van der Waals surface area (Å²) in [5.41, 5.74) is 4.98. The Labute approximate surface area is 193 Å². The lowest BCUT2D eigenvalue weighted by Gasteiger charge is -2.34. The summed E-state index contributed by atoms with van der Waals surface area (Å²) in [6, 6.07) is 9.75. The van der Waals surface area contributed by atoms with Crippen LogP contribution in [0.3, 0.4) is 0 Å². The van der Waals surface area contributed by atoms with Crippen molar-refractivity contribution in [3.8, 4) is 0 Å². The van der Waals surface area contributed by atoms with E-state index in [1.807, 2.05) is 24.3 Å². The van der Waals surface area contributed by atoms with Crippen LogP contribution >= 0.6 is 11.6 Å². The van der Waals surface area contributed by atoms with Crippen molar-refractivity contribution >= 4 is 34.6 Å². The van der Waals surface area contributed by atoms with Crippen molar-refractivity contribution in [3.63, 3.8) is 0 Å². The van der Waals surface area contributed by atoms with Gasteiger partial charge in [0.15, 0.2) is 0 Å². The number of fused-ring (bicyclic) bond motifs is 3. The summed E-state index contributed by atoms with van der Waals surface area (Å²) in [6.07, 6.45) is 6.79. The Morgan fingerprint density at radius 3 is 2.66 bits per heavy atom. The molecule has 1 saturated carbocycles. The molecule has 1 fully saturated rings. The Balaban J connectivity index is 1.56. The van der Waals surface area contributed by atoms with Gasteiger partial charge in [-0.05, 0) is 55.9 Å². The van der Waals surface area contributed by atoms with Crippen molar-refractivity contribution < 1.29 is 4.79 Å². The number of hydrazone groups is 1. The molecular weight excluding hydrogens is 422 g/mol. The third-order valence-electron chi connectivity index (χ3n) is 7.03. The van der Waals surface area contributed by atoms with Crippen LogP contribution in [0.5, 0.6) is 0 Å². The third kappa shape index (κ3) is 3.45. The lowest BCUT2D eigenvalue weighted by atomic mass is 9.76. The van der Waals surface area contributed by atoms with Gasteiger partial charge in [-0.1, -0.05) is 30.5 Å². The second-order valence-corrected chi connectivity index (χ2v) is 9.56. The van der Waals surface area contributed by atoms with E-state index in [2.05, 4.69) is 9.85 Å². The molecule has 0 bridgehead atoms. The molecule has 6 nitrogen and oxygen atoms in total. The Morgan fingerprint density at radius 1 is 1.19 bits per heavy atom. The fourth-order valence-electron chi connectivity index (χ4n) is 5.50. The minimum Gasteiger partial charge on any atom is -0.343 e. The molecule has 0 saturated heterocycles. The standard InChI is InChI=1S/C25H26ClN5O/c1-27-21-11-8-16(14-19(21)26)31-24(15-6-4-5-7-15)18-10-12-20-17(23(18)29-31)9-13-22(28-20)25(32)30(2)3/h8-9,11,13-15,18,24H,4-7,10,12H2,2-3H3. The summed E-state index contributed by atoms with van der Waals surface area (Å²) in [5, 5.41) is 7.75. The highest BCUT2D eigenvalue weighted by Gasteiger charge is 2.46. The van der Waals surface area contributed by atoms with Crippen molar-refractivity contribution in [2.45, 2.75) is 44.6 Å². The number of rotatable bonds is 3. The van der Waals surface area contributed by atoms with E-state index in [-0.39, 0.29) is 5.91 Å². The fraction of sp³-hybridized carbons (Fsp3) is 0.440. The molecule has 0 radical (unpaired) electrons. The van der Waals surface area contributed by atoms with Crippen molar-refractivity contribution in [2.24, 2.45) is 16.9 Å². The molecule has 1 aliphatic heterocycles. The van der Waals surface area contributed by atoms with E-state index in [0.717, 1.165) is 35.5 Å². The smallest absolute Gasteiger partial charge is 0.271 e. The average molecular weight is 448 g/mol. The molecule has 1 amide bonds. The highest BCUT2D eigenvalue weighted by molar-refractivity contribution is 6.33. The Kier molecular flexibility index (Phi) is 5.38. The zero-order valence-electron chi connectivity index (χ0n) is 18.4. The maximum atomic E-state index is 12.4. The highest BCUT2D eigenvalue weighted by Crippen LogP contribution is 2.45. The summed E-state index contributed by atoms with van der Waals surface area (Å²) >= 11 is 6.39. The summed E-state index contributed by atoms with van der Waals surface area (Å²) in [5.74, 6) is 0.843.